The molecule has 1 N–H and O–H groups in total. The largest absolute Gasteiger partial charge is 0.455 e. The maximum absolute atomic E-state index is 12.8. The van der Waals surface area contributed by atoms with E-state index in [-0.39, 0.29) is 0 Å². The number of hydrogen-bond acceptors (Lipinski definition) is 6. The molecule has 28 heavy (non-hydrogen) atoms. The molecule has 9 heteroatoms. The Morgan fingerprint density at radius 1 is 1.00 bits per heavy atom. The van der Waals surface area contributed by atoms with Gasteiger partial charge in [-0.25, -0.2) is 9.59 Å². The maximum Gasteiger partial charge on any atom is 0.408 e. The number of benzene rings is 1. The van der Waals surface area contributed by atoms with E-state index in [1.165, 1.54) is 24.3 Å². The number of ether oxygens (including phenoxy) is 2. The van der Waals surface area contributed by atoms with E-state index < -0.39 is 39.8 Å². The fourth-order valence-electron chi connectivity index (χ4n) is 2.31. The number of alkyl carbamates (subject to hydrolysis) is 1. The zero-order chi connectivity index (χ0) is 21.9. The fraction of sp³-hybridized carbons (Fsp3) is 0.579. The second-order valence-electron chi connectivity index (χ2n) is 8.54. The van der Waals surface area contributed by atoms with Gasteiger partial charge in [0.15, 0.2) is 0 Å². The Morgan fingerprint density at radius 2 is 1.46 bits per heavy atom. The minimum absolute atomic E-state index is 0.306. The minimum atomic E-state index is -2.31. The number of nitro groups is 1. The van der Waals surface area contributed by atoms with E-state index in [1.54, 1.807) is 41.5 Å². The van der Waals surface area contributed by atoms with Crippen molar-refractivity contribution in [1.82, 2.24) is 5.32 Å². The molecule has 1 amide bonds. The maximum atomic E-state index is 12.8. The van der Waals surface area contributed by atoms with E-state index >= 15 is 0 Å². The second-order valence-corrected chi connectivity index (χ2v) is 8.97. The zero-order valence-electron chi connectivity index (χ0n) is 17.2. The van der Waals surface area contributed by atoms with Crippen molar-refractivity contribution in [2.75, 3.05) is 0 Å². The molecular formula is C19H27ClN2O6. The Kier molecular flexibility index (Phi) is 7.06. The number of carbonyl (C=O) groups is 2. The standard InChI is InChI=1S/C19H27ClN2O6/c1-17(2,3)27-15(23)19(7,22(25)26)14(12-8-10-13(20)11-9-12)21-16(24)28-18(4,5)6/h8-11,14H,1-7H3,(H,21,24)/t14?,19-/m1/s1. The Balaban J connectivity index is 3.43. The van der Waals surface area contributed by atoms with Crippen molar-refractivity contribution in [3.05, 3.63) is 45.0 Å². The predicted molar refractivity (Wildman–Crippen MR) is 105 cm³/mol. The van der Waals surface area contributed by atoms with Gasteiger partial charge in [-0.05, 0) is 59.2 Å². The molecule has 2 atom stereocenters. The lowest BCUT2D eigenvalue weighted by Gasteiger charge is -2.32. The Morgan fingerprint density at radius 3 is 1.86 bits per heavy atom. The van der Waals surface area contributed by atoms with E-state index in [2.05, 4.69) is 5.32 Å². The van der Waals surface area contributed by atoms with Gasteiger partial charge in [0, 0.05) is 16.9 Å². The summed E-state index contributed by atoms with van der Waals surface area (Å²) in [7, 11) is 0. The molecule has 0 aliphatic heterocycles. The van der Waals surface area contributed by atoms with Crippen LogP contribution in [-0.4, -0.2) is 33.7 Å². The third-order valence-corrected chi connectivity index (χ3v) is 3.87. The molecule has 0 aliphatic carbocycles. The fourth-order valence-corrected chi connectivity index (χ4v) is 2.43. The highest BCUT2D eigenvalue weighted by Gasteiger charge is 2.57. The van der Waals surface area contributed by atoms with Crippen molar-refractivity contribution in [1.29, 1.82) is 0 Å². The van der Waals surface area contributed by atoms with Gasteiger partial charge in [0.2, 0.25) is 0 Å². The average Bonchev–Trinajstić information content (AvgIpc) is 2.49. The summed E-state index contributed by atoms with van der Waals surface area (Å²) in [6.45, 7) is 10.9. The third kappa shape index (κ3) is 6.37. The number of esters is 1. The van der Waals surface area contributed by atoms with Gasteiger partial charge < -0.3 is 14.8 Å². The summed E-state index contributed by atoms with van der Waals surface area (Å²) in [6.07, 6.45) is -0.899. The lowest BCUT2D eigenvalue weighted by atomic mass is 9.87. The minimum Gasteiger partial charge on any atom is -0.455 e. The molecule has 0 saturated heterocycles. The highest BCUT2D eigenvalue weighted by atomic mass is 35.5. The average molecular weight is 415 g/mol. The van der Waals surface area contributed by atoms with E-state index in [0.29, 0.717) is 10.6 Å². The normalized spacial score (nSPS) is 15.1. The molecule has 0 radical (unpaired) electrons. The lowest BCUT2D eigenvalue weighted by molar-refractivity contribution is -0.557. The molecule has 1 aromatic carbocycles. The van der Waals surface area contributed by atoms with E-state index in [1.807, 2.05) is 0 Å². The van der Waals surface area contributed by atoms with Crippen LogP contribution in [0, 0.1) is 10.1 Å². The Hall–Kier alpha value is -2.35. The molecule has 8 nitrogen and oxygen atoms in total. The number of halogens is 1. The lowest BCUT2D eigenvalue weighted by Crippen LogP contribution is -2.57. The van der Waals surface area contributed by atoms with E-state index in [0.717, 1.165) is 6.92 Å². The van der Waals surface area contributed by atoms with Gasteiger partial charge in [0.1, 0.15) is 17.2 Å². The molecular weight excluding hydrogens is 388 g/mol. The van der Waals surface area contributed by atoms with Crippen LogP contribution in [0.3, 0.4) is 0 Å². The number of nitrogens with zero attached hydrogens (tertiary/aromatic N) is 1. The second kappa shape index (κ2) is 8.34. The van der Waals surface area contributed by atoms with Crippen LogP contribution in [0.5, 0.6) is 0 Å². The van der Waals surface area contributed by atoms with Crippen LogP contribution in [0.4, 0.5) is 4.79 Å². The number of amides is 1. The SMILES string of the molecule is CC(C)(C)OC(=O)NC(c1ccc(Cl)cc1)[C@](C)(C(=O)OC(C)(C)C)[N+](=O)[O-]. The number of rotatable bonds is 5. The van der Waals surface area contributed by atoms with Crippen molar-refractivity contribution < 1.29 is 24.0 Å². The van der Waals surface area contributed by atoms with Gasteiger partial charge in [0.25, 0.3) is 0 Å². The quantitative estimate of drug-likeness (QED) is 0.437. The van der Waals surface area contributed by atoms with Crippen LogP contribution in [-0.2, 0) is 14.3 Å². The molecule has 156 valence electrons. The van der Waals surface area contributed by atoms with Gasteiger partial charge in [0.05, 0.1) is 0 Å². The van der Waals surface area contributed by atoms with Crippen LogP contribution in [0.1, 0.15) is 60.1 Å². The molecule has 0 spiro atoms. The first kappa shape index (κ1) is 23.7. The number of hydrogen-bond donors (Lipinski definition) is 1. The smallest absolute Gasteiger partial charge is 0.408 e. The number of carbonyl (C=O) groups excluding carboxylic acids is 2. The van der Waals surface area contributed by atoms with Crippen LogP contribution >= 0.6 is 11.6 Å². The van der Waals surface area contributed by atoms with E-state index in [9.17, 15) is 19.7 Å². The topological polar surface area (TPSA) is 108 Å². The molecule has 0 aromatic heterocycles. The van der Waals surface area contributed by atoms with Crippen molar-refractivity contribution in [2.24, 2.45) is 0 Å². The number of nitrogens with one attached hydrogen (secondary N) is 1. The van der Waals surface area contributed by atoms with Crippen LogP contribution in [0.15, 0.2) is 24.3 Å². The van der Waals surface area contributed by atoms with Gasteiger partial charge in [-0.2, -0.15) is 0 Å². The molecule has 1 aromatic rings. The van der Waals surface area contributed by atoms with Crippen LogP contribution in [0.2, 0.25) is 5.02 Å². The zero-order valence-corrected chi connectivity index (χ0v) is 17.9. The van der Waals surface area contributed by atoms with Crippen LogP contribution < -0.4 is 5.32 Å². The molecule has 0 saturated carbocycles. The summed E-state index contributed by atoms with van der Waals surface area (Å²) in [4.78, 5) is 36.4. The molecule has 0 heterocycles. The first-order valence-electron chi connectivity index (χ1n) is 8.69. The molecule has 0 bridgehead atoms. The summed E-state index contributed by atoms with van der Waals surface area (Å²) >= 11 is 5.90. The first-order valence-corrected chi connectivity index (χ1v) is 9.07. The van der Waals surface area contributed by atoms with Crippen molar-refractivity contribution in [3.63, 3.8) is 0 Å². The molecule has 1 unspecified atom stereocenters. The van der Waals surface area contributed by atoms with Gasteiger partial charge in [-0.3, -0.25) is 10.1 Å². The van der Waals surface area contributed by atoms with E-state index in [4.69, 9.17) is 21.1 Å². The monoisotopic (exact) mass is 414 g/mol. The Labute approximate surface area is 169 Å². The van der Waals surface area contributed by atoms with Gasteiger partial charge >= 0.3 is 17.6 Å². The predicted octanol–water partition coefficient (Wildman–Crippen LogP) is 4.28. The van der Waals surface area contributed by atoms with Gasteiger partial charge in [-0.15, -0.1) is 0 Å². The molecule has 0 aliphatic rings. The van der Waals surface area contributed by atoms with Crippen LogP contribution in [0.25, 0.3) is 0 Å². The molecule has 0 fully saturated rings. The summed E-state index contributed by atoms with van der Waals surface area (Å²) in [5, 5.41) is 14.8. The van der Waals surface area contributed by atoms with Gasteiger partial charge in [-0.1, -0.05) is 23.7 Å². The first-order chi connectivity index (χ1) is 12.6. The van der Waals surface area contributed by atoms with Crippen molar-refractivity contribution in [2.45, 2.75) is 71.2 Å². The highest BCUT2D eigenvalue weighted by molar-refractivity contribution is 6.30. The van der Waals surface area contributed by atoms with Crippen molar-refractivity contribution >= 4 is 23.7 Å². The summed E-state index contributed by atoms with van der Waals surface area (Å²) in [5.74, 6) is -1.08. The third-order valence-electron chi connectivity index (χ3n) is 3.62. The molecule has 1 rings (SSSR count). The summed E-state index contributed by atoms with van der Waals surface area (Å²) < 4.78 is 10.5. The highest BCUT2D eigenvalue weighted by Crippen LogP contribution is 2.32. The Bertz CT molecular complexity index is 736. The summed E-state index contributed by atoms with van der Waals surface area (Å²) in [5.41, 5.74) is -3.78. The summed E-state index contributed by atoms with van der Waals surface area (Å²) in [6, 6.07) is 4.66. The van der Waals surface area contributed by atoms with Crippen molar-refractivity contribution in [3.8, 4) is 0 Å².